The third kappa shape index (κ3) is 2.86. The molecule has 2 aromatic rings. The van der Waals surface area contributed by atoms with E-state index in [1.54, 1.807) is 12.3 Å². The molecule has 90 valence electrons. The van der Waals surface area contributed by atoms with Crippen molar-refractivity contribution in [3.8, 4) is 6.07 Å². The summed E-state index contributed by atoms with van der Waals surface area (Å²) in [5.41, 5.74) is 8.01. The van der Waals surface area contributed by atoms with Gasteiger partial charge in [-0.15, -0.1) is 0 Å². The van der Waals surface area contributed by atoms with Gasteiger partial charge in [0.25, 0.3) is 0 Å². The molecular formula is C13H12N4S. The fourth-order valence-corrected chi connectivity index (χ4v) is 2.30. The smallest absolute Gasteiger partial charge is 0.192 e. The van der Waals surface area contributed by atoms with Crippen molar-refractivity contribution in [1.29, 1.82) is 5.26 Å². The van der Waals surface area contributed by atoms with Crippen LogP contribution in [0.5, 0.6) is 0 Å². The van der Waals surface area contributed by atoms with Gasteiger partial charge in [0.2, 0.25) is 0 Å². The predicted octanol–water partition coefficient (Wildman–Crippen LogP) is 2.27. The average molecular weight is 256 g/mol. The number of hydrogen-bond donors (Lipinski definition) is 1. The standard InChI is InChI=1S/C13H12N4S/c1-9-4-5-16-13(17-9)18-12-3-2-10(7-14)6-11(12)8-15/h2-6H,7,14H2,1H3. The maximum Gasteiger partial charge on any atom is 0.192 e. The van der Waals surface area contributed by atoms with E-state index in [1.165, 1.54) is 11.8 Å². The third-order valence-electron chi connectivity index (χ3n) is 2.37. The molecule has 0 aliphatic rings. The maximum absolute atomic E-state index is 9.13. The van der Waals surface area contributed by atoms with E-state index in [0.29, 0.717) is 17.3 Å². The van der Waals surface area contributed by atoms with Crippen LogP contribution in [0.2, 0.25) is 0 Å². The molecule has 0 aliphatic carbocycles. The molecule has 18 heavy (non-hydrogen) atoms. The lowest BCUT2D eigenvalue weighted by atomic mass is 10.1. The first kappa shape index (κ1) is 12.6. The highest BCUT2D eigenvalue weighted by Gasteiger charge is 2.07. The number of rotatable bonds is 3. The minimum Gasteiger partial charge on any atom is -0.326 e. The zero-order valence-electron chi connectivity index (χ0n) is 9.92. The minimum absolute atomic E-state index is 0.431. The van der Waals surface area contributed by atoms with Gasteiger partial charge in [0.15, 0.2) is 5.16 Å². The average Bonchev–Trinajstić information content (AvgIpc) is 2.39. The first-order chi connectivity index (χ1) is 8.72. The molecule has 0 fully saturated rings. The van der Waals surface area contributed by atoms with Gasteiger partial charge in [-0.25, -0.2) is 9.97 Å². The van der Waals surface area contributed by atoms with Crippen molar-refractivity contribution in [2.24, 2.45) is 5.73 Å². The van der Waals surface area contributed by atoms with Gasteiger partial charge in [-0.1, -0.05) is 6.07 Å². The summed E-state index contributed by atoms with van der Waals surface area (Å²) in [4.78, 5) is 9.32. The van der Waals surface area contributed by atoms with Gasteiger partial charge in [-0.3, -0.25) is 0 Å². The lowest BCUT2D eigenvalue weighted by molar-refractivity contribution is 0.931. The molecule has 1 aromatic carbocycles. The Morgan fingerprint density at radius 2 is 2.22 bits per heavy atom. The summed E-state index contributed by atoms with van der Waals surface area (Å²) in [6.07, 6.45) is 1.71. The van der Waals surface area contributed by atoms with E-state index < -0.39 is 0 Å². The van der Waals surface area contributed by atoms with Crippen molar-refractivity contribution >= 4 is 11.8 Å². The summed E-state index contributed by atoms with van der Waals surface area (Å²) in [7, 11) is 0. The van der Waals surface area contributed by atoms with Gasteiger partial charge < -0.3 is 5.73 Å². The first-order valence-corrected chi connectivity index (χ1v) is 6.25. The molecule has 5 heteroatoms. The van der Waals surface area contributed by atoms with Crippen LogP contribution in [0.25, 0.3) is 0 Å². The molecule has 0 bridgehead atoms. The van der Waals surface area contributed by atoms with E-state index in [1.807, 2.05) is 25.1 Å². The fraction of sp³-hybridized carbons (Fsp3) is 0.154. The molecule has 1 heterocycles. The number of benzene rings is 1. The van der Waals surface area contributed by atoms with Crippen molar-refractivity contribution in [2.45, 2.75) is 23.5 Å². The molecule has 0 radical (unpaired) electrons. The second-order valence-corrected chi connectivity index (χ2v) is 4.74. The summed E-state index contributed by atoms with van der Waals surface area (Å²) in [5, 5.41) is 9.77. The Balaban J connectivity index is 2.32. The Morgan fingerprint density at radius 1 is 1.39 bits per heavy atom. The van der Waals surface area contributed by atoms with Gasteiger partial charge in [0.05, 0.1) is 5.56 Å². The van der Waals surface area contributed by atoms with Crippen molar-refractivity contribution in [2.75, 3.05) is 0 Å². The molecule has 2 rings (SSSR count). The monoisotopic (exact) mass is 256 g/mol. The summed E-state index contributed by atoms with van der Waals surface area (Å²) < 4.78 is 0. The molecule has 0 amide bonds. The molecule has 2 N–H and O–H groups in total. The van der Waals surface area contributed by atoms with E-state index in [2.05, 4.69) is 16.0 Å². The van der Waals surface area contributed by atoms with Crippen molar-refractivity contribution in [1.82, 2.24) is 9.97 Å². The molecule has 0 atom stereocenters. The second kappa shape index (κ2) is 5.63. The lowest BCUT2D eigenvalue weighted by Crippen LogP contribution is -1.97. The zero-order valence-corrected chi connectivity index (χ0v) is 10.7. The van der Waals surface area contributed by atoms with Crippen molar-refractivity contribution in [3.63, 3.8) is 0 Å². The van der Waals surface area contributed by atoms with Crippen molar-refractivity contribution < 1.29 is 0 Å². The van der Waals surface area contributed by atoms with Crippen LogP contribution < -0.4 is 5.73 Å². The SMILES string of the molecule is Cc1ccnc(Sc2ccc(CN)cc2C#N)n1. The third-order valence-corrected chi connectivity index (χ3v) is 3.33. The number of nitriles is 1. The van der Waals surface area contributed by atoms with Crippen LogP contribution in [0.4, 0.5) is 0 Å². The molecule has 4 nitrogen and oxygen atoms in total. The van der Waals surface area contributed by atoms with Gasteiger partial charge in [0, 0.05) is 23.3 Å². The molecule has 0 saturated heterocycles. The number of hydrogen-bond acceptors (Lipinski definition) is 5. The Morgan fingerprint density at radius 3 is 2.89 bits per heavy atom. The zero-order chi connectivity index (χ0) is 13.0. The van der Waals surface area contributed by atoms with E-state index in [9.17, 15) is 0 Å². The second-order valence-electron chi connectivity index (χ2n) is 3.73. The molecule has 0 aliphatic heterocycles. The van der Waals surface area contributed by atoms with E-state index in [4.69, 9.17) is 11.0 Å². The van der Waals surface area contributed by atoms with Crippen LogP contribution >= 0.6 is 11.8 Å². The summed E-state index contributed by atoms with van der Waals surface area (Å²) in [6, 6.07) is 9.62. The van der Waals surface area contributed by atoms with Crippen LogP contribution in [0.15, 0.2) is 40.5 Å². The molecule has 0 unspecified atom stereocenters. The van der Waals surface area contributed by atoms with Crippen LogP contribution in [0.3, 0.4) is 0 Å². The summed E-state index contributed by atoms with van der Waals surface area (Å²) >= 11 is 1.39. The molecule has 1 aromatic heterocycles. The van der Waals surface area contributed by atoms with Crippen LogP contribution in [-0.2, 0) is 6.54 Å². The Bertz CT molecular complexity index is 604. The number of nitrogens with two attached hydrogens (primary N) is 1. The summed E-state index contributed by atoms with van der Waals surface area (Å²) in [5.74, 6) is 0. The Hall–Kier alpha value is -1.90. The highest BCUT2D eigenvalue weighted by atomic mass is 32.2. The highest BCUT2D eigenvalue weighted by molar-refractivity contribution is 7.99. The molecular weight excluding hydrogens is 244 g/mol. The van der Waals surface area contributed by atoms with E-state index in [0.717, 1.165) is 16.2 Å². The van der Waals surface area contributed by atoms with Gasteiger partial charge in [-0.2, -0.15) is 5.26 Å². The Kier molecular flexibility index (Phi) is 3.92. The highest BCUT2D eigenvalue weighted by Crippen LogP contribution is 2.28. The predicted molar refractivity (Wildman–Crippen MR) is 69.9 cm³/mol. The minimum atomic E-state index is 0.431. The Labute approximate surface area is 110 Å². The van der Waals surface area contributed by atoms with Crippen LogP contribution in [0.1, 0.15) is 16.8 Å². The largest absolute Gasteiger partial charge is 0.326 e. The van der Waals surface area contributed by atoms with Gasteiger partial charge in [0.1, 0.15) is 6.07 Å². The number of aromatic nitrogens is 2. The van der Waals surface area contributed by atoms with Gasteiger partial charge >= 0.3 is 0 Å². The van der Waals surface area contributed by atoms with Crippen molar-refractivity contribution in [3.05, 3.63) is 47.3 Å². The topological polar surface area (TPSA) is 75.6 Å². The van der Waals surface area contributed by atoms with Crippen LogP contribution in [0, 0.1) is 18.3 Å². The van der Waals surface area contributed by atoms with Gasteiger partial charge in [-0.05, 0) is 42.4 Å². The normalized spacial score (nSPS) is 10.1. The first-order valence-electron chi connectivity index (χ1n) is 5.43. The maximum atomic E-state index is 9.13. The van der Waals surface area contributed by atoms with Crippen LogP contribution in [-0.4, -0.2) is 9.97 Å². The van der Waals surface area contributed by atoms with E-state index in [-0.39, 0.29) is 0 Å². The summed E-state index contributed by atoms with van der Waals surface area (Å²) in [6.45, 7) is 2.34. The number of aryl methyl sites for hydroxylation is 1. The molecule has 0 saturated carbocycles. The molecule has 0 spiro atoms. The van der Waals surface area contributed by atoms with E-state index >= 15 is 0 Å². The quantitative estimate of drug-likeness (QED) is 0.852. The fourth-order valence-electron chi connectivity index (χ4n) is 1.45. The lowest BCUT2D eigenvalue weighted by Gasteiger charge is -2.05. The number of nitrogens with zero attached hydrogens (tertiary/aromatic N) is 3.